The zero-order valence-electron chi connectivity index (χ0n) is 16.6. The molecule has 0 radical (unpaired) electrons. The number of benzene rings is 2. The molecule has 7 heteroatoms. The second-order valence-electron chi connectivity index (χ2n) is 6.48. The number of aromatic hydroxyl groups is 1. The fourth-order valence-electron chi connectivity index (χ4n) is 2.99. The summed E-state index contributed by atoms with van der Waals surface area (Å²) in [7, 11) is 0. The van der Waals surface area contributed by atoms with E-state index in [-0.39, 0.29) is 17.0 Å². The molecule has 29 heavy (non-hydrogen) atoms. The Morgan fingerprint density at radius 3 is 2.52 bits per heavy atom. The Morgan fingerprint density at radius 2 is 1.83 bits per heavy atom. The van der Waals surface area contributed by atoms with Gasteiger partial charge in [0.15, 0.2) is 11.0 Å². The number of phenolic OH excluding ortho intramolecular Hbond substituents is 1. The molecule has 1 aromatic heterocycles. The van der Waals surface area contributed by atoms with E-state index in [1.807, 2.05) is 41.8 Å². The molecular weight excluding hydrogens is 386 g/mol. The number of carbonyl (C=O) groups is 1. The third-order valence-electron chi connectivity index (χ3n) is 4.50. The van der Waals surface area contributed by atoms with Crippen LogP contribution in [-0.2, 0) is 22.5 Å². The molecule has 3 rings (SSSR count). The van der Waals surface area contributed by atoms with Crippen molar-refractivity contribution in [3.05, 3.63) is 60.2 Å². The largest absolute Gasteiger partial charge is 0.507 e. The molecule has 6 nitrogen and oxygen atoms in total. The molecule has 0 spiro atoms. The molecule has 0 saturated heterocycles. The Hall–Kier alpha value is -2.80. The highest BCUT2D eigenvalue weighted by atomic mass is 32.2. The third-order valence-corrected chi connectivity index (χ3v) is 5.82. The quantitative estimate of drug-likeness (QED) is 0.417. The molecule has 1 N–H and O–H groups in total. The van der Waals surface area contributed by atoms with Crippen LogP contribution in [0.25, 0.3) is 11.4 Å². The van der Waals surface area contributed by atoms with Crippen LogP contribution in [0.1, 0.15) is 25.8 Å². The van der Waals surface area contributed by atoms with Crippen LogP contribution in [0.2, 0.25) is 0 Å². The van der Waals surface area contributed by atoms with Crippen molar-refractivity contribution in [3.8, 4) is 17.1 Å². The van der Waals surface area contributed by atoms with Gasteiger partial charge < -0.3 is 14.4 Å². The van der Waals surface area contributed by atoms with E-state index in [0.717, 1.165) is 6.42 Å². The second-order valence-corrected chi connectivity index (χ2v) is 7.65. The van der Waals surface area contributed by atoms with Gasteiger partial charge in [-0.3, -0.25) is 4.79 Å². The van der Waals surface area contributed by atoms with Gasteiger partial charge in [-0.15, -0.1) is 10.2 Å². The van der Waals surface area contributed by atoms with Crippen molar-refractivity contribution in [2.24, 2.45) is 0 Å². The summed E-state index contributed by atoms with van der Waals surface area (Å²) in [5.74, 6) is 0.483. The first-order valence-corrected chi connectivity index (χ1v) is 10.6. The van der Waals surface area contributed by atoms with Gasteiger partial charge in [0, 0.05) is 6.54 Å². The number of aryl methyl sites for hydroxylation is 1. The van der Waals surface area contributed by atoms with Gasteiger partial charge in [0.2, 0.25) is 0 Å². The van der Waals surface area contributed by atoms with Gasteiger partial charge >= 0.3 is 5.97 Å². The number of hydrogen-bond acceptors (Lipinski definition) is 6. The number of thioether (sulfide) groups is 1. The number of carbonyl (C=O) groups excluding carboxylic acids is 1. The van der Waals surface area contributed by atoms with Gasteiger partial charge in [-0.25, -0.2) is 0 Å². The average Bonchev–Trinajstić information content (AvgIpc) is 3.14. The van der Waals surface area contributed by atoms with Crippen molar-refractivity contribution in [2.45, 2.75) is 43.6 Å². The fourth-order valence-corrected chi connectivity index (χ4v) is 3.96. The first-order valence-electron chi connectivity index (χ1n) is 9.72. The molecule has 0 amide bonds. The number of ether oxygens (including phenoxy) is 1. The normalized spacial score (nSPS) is 11.9. The highest BCUT2D eigenvalue weighted by molar-refractivity contribution is 8.00. The van der Waals surface area contributed by atoms with Crippen molar-refractivity contribution in [2.75, 3.05) is 6.61 Å². The number of para-hydroxylation sites is 1. The highest BCUT2D eigenvalue weighted by Crippen LogP contribution is 2.32. The molecule has 152 valence electrons. The summed E-state index contributed by atoms with van der Waals surface area (Å²) in [5, 5.41) is 19.3. The number of phenols is 1. The topological polar surface area (TPSA) is 77.2 Å². The summed E-state index contributed by atoms with van der Waals surface area (Å²) in [5.41, 5.74) is 1.81. The van der Waals surface area contributed by atoms with Crippen LogP contribution in [-0.4, -0.2) is 37.7 Å². The maximum absolute atomic E-state index is 12.3. The summed E-state index contributed by atoms with van der Waals surface area (Å²) < 4.78 is 7.16. The van der Waals surface area contributed by atoms with Gasteiger partial charge in [0.1, 0.15) is 11.0 Å². The summed E-state index contributed by atoms with van der Waals surface area (Å²) in [6.45, 7) is 4.72. The number of aromatic nitrogens is 3. The maximum atomic E-state index is 12.3. The molecular formula is C22H25N3O3S. The zero-order chi connectivity index (χ0) is 20.6. The lowest BCUT2D eigenvalue weighted by atomic mass is 10.1. The molecule has 0 unspecified atom stereocenters. The van der Waals surface area contributed by atoms with Gasteiger partial charge in [0.25, 0.3) is 0 Å². The van der Waals surface area contributed by atoms with Crippen LogP contribution >= 0.6 is 11.8 Å². The van der Waals surface area contributed by atoms with E-state index in [4.69, 9.17) is 4.74 Å². The van der Waals surface area contributed by atoms with E-state index < -0.39 is 0 Å². The van der Waals surface area contributed by atoms with E-state index >= 15 is 0 Å². The SMILES string of the molecule is CCOC(=O)[C@@H](CC)Sc1nnc(-c2ccccc2O)n1CCc1ccccc1. The average molecular weight is 412 g/mol. The van der Waals surface area contributed by atoms with Crippen LogP contribution in [0.15, 0.2) is 59.8 Å². The van der Waals surface area contributed by atoms with Crippen LogP contribution in [0.3, 0.4) is 0 Å². The molecule has 0 fully saturated rings. The number of nitrogens with zero attached hydrogens (tertiary/aromatic N) is 3. The molecule has 3 aromatic rings. The fraction of sp³-hybridized carbons (Fsp3) is 0.318. The van der Waals surface area contributed by atoms with Gasteiger partial charge in [-0.1, -0.05) is 61.2 Å². The molecule has 0 aliphatic carbocycles. The third kappa shape index (κ3) is 5.17. The summed E-state index contributed by atoms with van der Waals surface area (Å²) in [6.07, 6.45) is 1.41. The first-order chi connectivity index (χ1) is 14.1. The van der Waals surface area contributed by atoms with Gasteiger partial charge in [0.05, 0.1) is 12.2 Å². The van der Waals surface area contributed by atoms with Crippen molar-refractivity contribution >= 4 is 17.7 Å². The molecule has 0 aliphatic heterocycles. The van der Waals surface area contributed by atoms with Crippen molar-refractivity contribution in [1.29, 1.82) is 0 Å². The van der Waals surface area contributed by atoms with Crippen molar-refractivity contribution in [3.63, 3.8) is 0 Å². The predicted octanol–water partition coefficient (Wildman–Crippen LogP) is 4.33. The lowest BCUT2D eigenvalue weighted by Crippen LogP contribution is -2.20. The predicted molar refractivity (Wildman–Crippen MR) is 114 cm³/mol. The van der Waals surface area contributed by atoms with Crippen LogP contribution in [0, 0.1) is 0 Å². The summed E-state index contributed by atoms with van der Waals surface area (Å²) in [4.78, 5) is 12.3. The number of rotatable bonds is 9. The molecule has 1 atom stereocenters. The van der Waals surface area contributed by atoms with E-state index in [9.17, 15) is 9.90 Å². The van der Waals surface area contributed by atoms with Gasteiger partial charge in [-0.05, 0) is 37.5 Å². The van der Waals surface area contributed by atoms with Gasteiger partial charge in [-0.2, -0.15) is 0 Å². The lowest BCUT2D eigenvalue weighted by molar-refractivity contribution is -0.142. The molecule has 0 aliphatic rings. The standard InChI is InChI=1S/C22H25N3O3S/c1-3-19(21(27)28-4-2)29-22-24-23-20(17-12-8-9-13-18(17)26)25(22)15-14-16-10-6-5-7-11-16/h5-13,19,26H,3-4,14-15H2,1-2H3/t19-/m1/s1. The minimum absolute atomic E-state index is 0.148. The Labute approximate surface area is 174 Å². The van der Waals surface area contributed by atoms with Crippen LogP contribution in [0.4, 0.5) is 0 Å². The second kappa shape index (κ2) is 10.1. The Kier molecular flexibility index (Phi) is 7.30. The Balaban J connectivity index is 1.93. The van der Waals surface area contributed by atoms with Crippen molar-refractivity contribution in [1.82, 2.24) is 14.8 Å². The maximum Gasteiger partial charge on any atom is 0.319 e. The van der Waals surface area contributed by atoms with Crippen LogP contribution < -0.4 is 0 Å². The highest BCUT2D eigenvalue weighted by Gasteiger charge is 2.24. The van der Waals surface area contributed by atoms with Crippen LogP contribution in [0.5, 0.6) is 5.75 Å². The zero-order valence-corrected chi connectivity index (χ0v) is 17.4. The van der Waals surface area contributed by atoms with E-state index in [1.54, 1.807) is 19.1 Å². The van der Waals surface area contributed by atoms with E-state index in [1.165, 1.54) is 17.3 Å². The lowest BCUT2D eigenvalue weighted by Gasteiger charge is -2.15. The molecule has 0 bridgehead atoms. The molecule has 2 aromatic carbocycles. The summed E-state index contributed by atoms with van der Waals surface area (Å²) >= 11 is 1.35. The molecule has 1 heterocycles. The minimum Gasteiger partial charge on any atom is -0.507 e. The Bertz CT molecular complexity index is 943. The minimum atomic E-state index is -0.355. The monoisotopic (exact) mass is 411 g/mol. The first kappa shape index (κ1) is 20.9. The van der Waals surface area contributed by atoms with E-state index in [2.05, 4.69) is 22.3 Å². The molecule has 0 saturated carbocycles. The van der Waals surface area contributed by atoms with E-state index in [0.29, 0.717) is 36.1 Å². The smallest absolute Gasteiger partial charge is 0.319 e. The number of hydrogen-bond donors (Lipinski definition) is 1. The summed E-state index contributed by atoms with van der Waals surface area (Å²) in [6, 6.07) is 17.2. The van der Waals surface area contributed by atoms with Crippen molar-refractivity contribution < 1.29 is 14.6 Å². The Morgan fingerprint density at radius 1 is 1.10 bits per heavy atom. The number of esters is 1.